The Balaban J connectivity index is 1.48. The van der Waals surface area contributed by atoms with Crippen LogP contribution < -0.4 is 4.74 Å². The van der Waals surface area contributed by atoms with E-state index in [1.807, 2.05) is 35.2 Å². The number of aromatic nitrogens is 1. The fourth-order valence-corrected chi connectivity index (χ4v) is 4.36. The van der Waals surface area contributed by atoms with Gasteiger partial charge in [-0.05, 0) is 63.0 Å². The molecule has 2 fully saturated rings. The van der Waals surface area contributed by atoms with Crippen molar-refractivity contribution in [2.45, 2.75) is 31.6 Å². The molecule has 28 heavy (non-hydrogen) atoms. The molecule has 0 unspecified atom stereocenters. The number of carbonyl (C=O) groups excluding carboxylic acids is 1. The lowest BCUT2D eigenvalue weighted by Crippen LogP contribution is -2.44. The molecule has 4 rings (SSSR count). The summed E-state index contributed by atoms with van der Waals surface area (Å²) < 4.78 is 5.50. The summed E-state index contributed by atoms with van der Waals surface area (Å²) in [6.07, 6.45) is 4.55. The lowest BCUT2D eigenvalue weighted by Gasteiger charge is -2.33. The van der Waals surface area contributed by atoms with Crippen LogP contribution >= 0.6 is 0 Å². The van der Waals surface area contributed by atoms with Gasteiger partial charge in [0.25, 0.3) is 0 Å². The number of nitrogens with zero attached hydrogens (tertiary/aromatic N) is 3. The first-order chi connectivity index (χ1) is 13.7. The standard InChI is InChI=1S/C23H29N3O2/c1-28-22-12-3-2-9-19(22)21-11-6-10-20(24-21)18-8-7-15-26(16-18)23(27)17-25-13-4-5-14-25/h2-3,6,9-12,18H,4-5,7-8,13-17H2,1H3/t18-/m0/s1. The van der Waals surface area contributed by atoms with Gasteiger partial charge in [0.1, 0.15) is 5.75 Å². The second kappa shape index (κ2) is 8.74. The van der Waals surface area contributed by atoms with Crippen LogP contribution in [0.1, 0.15) is 37.3 Å². The third kappa shape index (κ3) is 4.20. The average Bonchev–Trinajstić information content (AvgIpc) is 3.27. The largest absolute Gasteiger partial charge is 0.496 e. The van der Waals surface area contributed by atoms with Gasteiger partial charge in [0, 0.05) is 30.3 Å². The number of rotatable bonds is 5. The maximum absolute atomic E-state index is 12.8. The highest BCUT2D eigenvalue weighted by Gasteiger charge is 2.27. The van der Waals surface area contributed by atoms with E-state index in [1.54, 1.807) is 7.11 Å². The molecule has 0 saturated carbocycles. The molecule has 1 amide bonds. The zero-order valence-corrected chi connectivity index (χ0v) is 16.6. The summed E-state index contributed by atoms with van der Waals surface area (Å²) in [7, 11) is 1.69. The molecule has 3 heterocycles. The van der Waals surface area contributed by atoms with Crippen LogP contribution in [0.2, 0.25) is 0 Å². The van der Waals surface area contributed by atoms with E-state index in [1.165, 1.54) is 12.8 Å². The number of hydrogen-bond acceptors (Lipinski definition) is 4. The molecule has 0 bridgehead atoms. The zero-order valence-electron chi connectivity index (χ0n) is 16.6. The molecule has 1 atom stereocenters. The quantitative estimate of drug-likeness (QED) is 0.797. The Kier molecular flexibility index (Phi) is 5.91. The van der Waals surface area contributed by atoms with Gasteiger partial charge in [-0.1, -0.05) is 18.2 Å². The van der Waals surface area contributed by atoms with Crippen molar-refractivity contribution in [3.63, 3.8) is 0 Å². The van der Waals surface area contributed by atoms with E-state index in [2.05, 4.69) is 17.0 Å². The van der Waals surface area contributed by atoms with Crippen molar-refractivity contribution in [3.05, 3.63) is 48.2 Å². The molecule has 2 aliphatic rings. The first kappa shape index (κ1) is 18.9. The number of ether oxygens (including phenoxy) is 1. The summed E-state index contributed by atoms with van der Waals surface area (Å²) in [6, 6.07) is 14.2. The summed E-state index contributed by atoms with van der Waals surface area (Å²) in [4.78, 5) is 22.0. The zero-order chi connectivity index (χ0) is 19.3. The predicted molar refractivity (Wildman–Crippen MR) is 110 cm³/mol. The molecule has 0 spiro atoms. The van der Waals surface area contributed by atoms with Gasteiger partial charge in [0.15, 0.2) is 0 Å². The van der Waals surface area contributed by atoms with E-state index >= 15 is 0 Å². The van der Waals surface area contributed by atoms with Crippen LogP contribution in [-0.2, 0) is 4.79 Å². The third-order valence-electron chi connectivity index (χ3n) is 5.90. The van der Waals surface area contributed by atoms with Gasteiger partial charge in [-0.25, -0.2) is 0 Å². The van der Waals surface area contributed by atoms with Crippen molar-refractivity contribution in [2.75, 3.05) is 39.8 Å². The Morgan fingerprint density at radius 3 is 2.71 bits per heavy atom. The first-order valence-electron chi connectivity index (χ1n) is 10.3. The van der Waals surface area contributed by atoms with Crippen molar-refractivity contribution in [1.82, 2.24) is 14.8 Å². The predicted octanol–water partition coefficient (Wildman–Crippen LogP) is 3.56. The highest BCUT2D eigenvalue weighted by atomic mass is 16.5. The number of pyridine rings is 1. The van der Waals surface area contributed by atoms with Gasteiger partial charge in [-0.2, -0.15) is 0 Å². The molecule has 2 saturated heterocycles. The van der Waals surface area contributed by atoms with Gasteiger partial charge >= 0.3 is 0 Å². The van der Waals surface area contributed by atoms with Crippen molar-refractivity contribution in [3.8, 4) is 17.0 Å². The van der Waals surface area contributed by atoms with E-state index in [0.29, 0.717) is 12.5 Å². The molecule has 5 nitrogen and oxygen atoms in total. The summed E-state index contributed by atoms with van der Waals surface area (Å²) in [5, 5.41) is 0. The van der Waals surface area contributed by atoms with Gasteiger partial charge in [0.2, 0.25) is 5.91 Å². The van der Waals surface area contributed by atoms with E-state index in [9.17, 15) is 4.79 Å². The molecule has 1 aromatic heterocycles. The second-order valence-electron chi connectivity index (χ2n) is 7.81. The Labute approximate surface area is 167 Å². The molecular formula is C23H29N3O2. The molecular weight excluding hydrogens is 350 g/mol. The van der Waals surface area contributed by atoms with Gasteiger partial charge in [-0.3, -0.25) is 14.7 Å². The molecule has 1 aromatic carbocycles. The normalized spacial score (nSPS) is 20.3. The molecule has 0 aliphatic carbocycles. The fourth-order valence-electron chi connectivity index (χ4n) is 4.36. The van der Waals surface area contributed by atoms with Gasteiger partial charge < -0.3 is 9.64 Å². The summed E-state index contributed by atoms with van der Waals surface area (Å²) in [5.74, 6) is 1.40. The molecule has 2 aliphatic heterocycles. The Morgan fingerprint density at radius 2 is 1.89 bits per heavy atom. The number of methoxy groups -OCH3 is 1. The molecule has 0 N–H and O–H groups in total. The van der Waals surface area contributed by atoms with Crippen LogP contribution in [0, 0.1) is 0 Å². The molecule has 148 valence electrons. The van der Waals surface area contributed by atoms with Crippen LogP contribution in [0.15, 0.2) is 42.5 Å². The van der Waals surface area contributed by atoms with E-state index in [-0.39, 0.29) is 5.91 Å². The van der Waals surface area contributed by atoms with Crippen molar-refractivity contribution >= 4 is 5.91 Å². The minimum absolute atomic E-state index is 0.271. The number of piperidine rings is 1. The average molecular weight is 380 g/mol. The third-order valence-corrected chi connectivity index (χ3v) is 5.90. The van der Waals surface area contributed by atoms with Gasteiger partial charge in [0.05, 0.1) is 19.3 Å². The fraction of sp³-hybridized carbons (Fsp3) is 0.478. The maximum atomic E-state index is 12.8. The number of para-hydroxylation sites is 1. The number of hydrogen-bond donors (Lipinski definition) is 0. The summed E-state index contributed by atoms with van der Waals surface area (Å²) >= 11 is 0. The van der Waals surface area contributed by atoms with Crippen molar-refractivity contribution < 1.29 is 9.53 Å². The lowest BCUT2D eigenvalue weighted by molar-refractivity contribution is -0.133. The van der Waals surface area contributed by atoms with E-state index in [4.69, 9.17) is 9.72 Å². The van der Waals surface area contributed by atoms with Crippen molar-refractivity contribution in [2.24, 2.45) is 0 Å². The number of likely N-dealkylation sites (tertiary alicyclic amines) is 2. The Bertz CT molecular complexity index is 817. The SMILES string of the molecule is COc1ccccc1-c1cccc([C@H]2CCCN(C(=O)CN3CCCC3)C2)n1. The van der Waals surface area contributed by atoms with Crippen LogP contribution in [0.4, 0.5) is 0 Å². The Morgan fingerprint density at radius 1 is 1.07 bits per heavy atom. The molecule has 2 aromatic rings. The van der Waals surface area contributed by atoms with Crippen LogP contribution in [0.5, 0.6) is 5.75 Å². The summed E-state index contributed by atoms with van der Waals surface area (Å²) in [5.41, 5.74) is 3.00. The number of benzene rings is 1. The van der Waals surface area contributed by atoms with E-state index < -0.39 is 0 Å². The smallest absolute Gasteiger partial charge is 0.236 e. The lowest BCUT2D eigenvalue weighted by atomic mass is 9.93. The number of carbonyl (C=O) groups is 1. The highest BCUT2D eigenvalue weighted by molar-refractivity contribution is 5.78. The topological polar surface area (TPSA) is 45.7 Å². The first-order valence-corrected chi connectivity index (χ1v) is 10.3. The van der Waals surface area contributed by atoms with Crippen LogP contribution in [-0.4, -0.2) is 60.5 Å². The molecule has 5 heteroatoms. The minimum atomic E-state index is 0.271. The maximum Gasteiger partial charge on any atom is 0.236 e. The minimum Gasteiger partial charge on any atom is -0.496 e. The van der Waals surface area contributed by atoms with Crippen LogP contribution in [0.3, 0.4) is 0 Å². The van der Waals surface area contributed by atoms with Crippen molar-refractivity contribution in [1.29, 1.82) is 0 Å². The van der Waals surface area contributed by atoms with Crippen LogP contribution in [0.25, 0.3) is 11.3 Å². The van der Waals surface area contributed by atoms with E-state index in [0.717, 1.165) is 61.7 Å². The van der Waals surface area contributed by atoms with Gasteiger partial charge in [-0.15, -0.1) is 0 Å². The highest BCUT2D eigenvalue weighted by Crippen LogP contribution is 2.31. The second-order valence-corrected chi connectivity index (χ2v) is 7.81. The summed E-state index contributed by atoms with van der Waals surface area (Å²) in [6.45, 7) is 4.34. The monoisotopic (exact) mass is 379 g/mol. The Hall–Kier alpha value is -2.40. The molecule has 0 radical (unpaired) electrons. The number of amides is 1.